The summed E-state index contributed by atoms with van der Waals surface area (Å²) < 4.78 is 0. The fraction of sp³-hybridized carbons (Fsp3) is 0.905. The first-order valence-electron chi connectivity index (χ1n) is 10.5. The van der Waals surface area contributed by atoms with Crippen LogP contribution in [0.5, 0.6) is 0 Å². The first-order valence-corrected chi connectivity index (χ1v) is 13.6. The zero-order valence-corrected chi connectivity index (χ0v) is 18.6. The van der Waals surface area contributed by atoms with Gasteiger partial charge in [0.05, 0.1) is 0 Å². The maximum Gasteiger partial charge on any atom is 0.125 e. The molecule has 0 saturated carbocycles. The van der Waals surface area contributed by atoms with Gasteiger partial charge in [-0.15, -0.1) is 6.58 Å². The topological polar surface area (TPSA) is 0 Å². The summed E-state index contributed by atoms with van der Waals surface area (Å²) in [4.78, 5) is 0. The molecule has 23 heavy (non-hydrogen) atoms. The molecule has 0 atom stereocenters. The molecule has 0 unspecified atom stereocenters. The molecule has 0 radical (unpaired) electrons. The molecule has 0 fully saturated rings. The molecular weight excluding hydrogens is 316 g/mol. The summed E-state index contributed by atoms with van der Waals surface area (Å²) in [7, 11) is -0.178. The molecule has 0 N–H and O–H groups in total. The van der Waals surface area contributed by atoms with Crippen LogP contribution in [-0.2, 0) is 0 Å². The lowest BCUT2D eigenvalue weighted by atomic mass is 10.0. The van der Waals surface area contributed by atoms with Crippen molar-refractivity contribution in [3.8, 4) is 0 Å². The Morgan fingerprint density at radius 2 is 0.913 bits per heavy atom. The van der Waals surface area contributed by atoms with Gasteiger partial charge in [-0.3, -0.25) is 0 Å². The Kier molecular flexibility index (Phi) is 30.0. The number of unbranched alkanes of at least 4 members (excludes halogenated alkanes) is 15. The van der Waals surface area contributed by atoms with Gasteiger partial charge >= 0.3 is 0 Å². The van der Waals surface area contributed by atoms with Gasteiger partial charge in [-0.25, -0.2) is 0 Å². The maximum absolute atomic E-state index is 5.81. The van der Waals surface area contributed by atoms with Crippen molar-refractivity contribution in [2.75, 3.05) is 0 Å². The van der Waals surface area contributed by atoms with Gasteiger partial charge in [-0.05, 0) is 13.0 Å². The fourth-order valence-corrected chi connectivity index (χ4v) is 3.93. The van der Waals surface area contributed by atoms with Crippen LogP contribution in [0.4, 0.5) is 0 Å². The standard InChI is InChI=1S/C18H39ClSi.C3H6/c1-2-3-4-5-6-7-8-9-10-11-12-13-14-15-16-17-18-20-19;1-3-2/h2-18,20H2,1H3;3H,1H2,2H3. The molecule has 0 nitrogen and oxygen atoms in total. The summed E-state index contributed by atoms with van der Waals surface area (Å²) in [5, 5.41) is 0. The Labute approximate surface area is 155 Å². The molecule has 0 aliphatic carbocycles. The predicted molar refractivity (Wildman–Crippen MR) is 115 cm³/mol. The monoisotopic (exact) mass is 360 g/mol. The third-order valence-electron chi connectivity index (χ3n) is 4.24. The van der Waals surface area contributed by atoms with Crippen molar-refractivity contribution in [3.63, 3.8) is 0 Å². The van der Waals surface area contributed by atoms with Crippen LogP contribution < -0.4 is 0 Å². The third-order valence-corrected chi connectivity index (χ3v) is 5.81. The number of rotatable bonds is 17. The Bertz CT molecular complexity index is 176. The third kappa shape index (κ3) is 30.7. The van der Waals surface area contributed by atoms with Crippen molar-refractivity contribution < 1.29 is 0 Å². The molecule has 0 saturated heterocycles. The van der Waals surface area contributed by atoms with E-state index in [0.29, 0.717) is 0 Å². The van der Waals surface area contributed by atoms with Crippen LogP contribution in [-0.4, -0.2) is 8.83 Å². The van der Waals surface area contributed by atoms with Crippen LogP contribution in [0.2, 0.25) is 6.04 Å². The van der Waals surface area contributed by atoms with Crippen LogP contribution in [0, 0.1) is 0 Å². The highest BCUT2D eigenvalue weighted by Gasteiger charge is 1.94. The van der Waals surface area contributed by atoms with Crippen molar-refractivity contribution in [2.45, 2.75) is 123 Å². The van der Waals surface area contributed by atoms with E-state index in [9.17, 15) is 0 Å². The summed E-state index contributed by atoms with van der Waals surface area (Å²) in [6.07, 6.45) is 25.0. The Balaban J connectivity index is 0. The van der Waals surface area contributed by atoms with E-state index in [1.165, 1.54) is 109 Å². The minimum absolute atomic E-state index is 0.178. The molecule has 0 aliphatic heterocycles. The van der Waals surface area contributed by atoms with E-state index in [2.05, 4.69) is 13.5 Å². The average molecular weight is 361 g/mol. The number of hydrogen-bond acceptors (Lipinski definition) is 0. The Hall–Kier alpha value is 0.247. The lowest BCUT2D eigenvalue weighted by Gasteiger charge is -2.03. The van der Waals surface area contributed by atoms with Crippen molar-refractivity contribution in [2.24, 2.45) is 0 Å². The number of allylic oxidation sites excluding steroid dienone is 1. The van der Waals surface area contributed by atoms with Crippen molar-refractivity contribution in [3.05, 3.63) is 12.7 Å². The van der Waals surface area contributed by atoms with E-state index in [1.807, 2.05) is 6.92 Å². The van der Waals surface area contributed by atoms with Gasteiger partial charge in [0.2, 0.25) is 0 Å². The maximum atomic E-state index is 5.81. The molecular formula is C21H45ClSi. The van der Waals surface area contributed by atoms with E-state index in [0.717, 1.165) is 0 Å². The smallest absolute Gasteiger partial charge is 0.125 e. The highest BCUT2D eigenvalue weighted by molar-refractivity contribution is 6.93. The molecule has 0 aromatic carbocycles. The minimum atomic E-state index is -0.178. The van der Waals surface area contributed by atoms with E-state index in [4.69, 9.17) is 11.1 Å². The molecule has 2 heteroatoms. The molecule has 0 aromatic rings. The molecule has 0 amide bonds. The average Bonchev–Trinajstić information content (AvgIpc) is 2.55. The summed E-state index contributed by atoms with van der Waals surface area (Å²) in [5.74, 6) is 0. The summed E-state index contributed by atoms with van der Waals surface area (Å²) >= 11 is 5.81. The molecule has 0 aliphatic rings. The molecule has 0 heterocycles. The summed E-state index contributed by atoms with van der Waals surface area (Å²) in [6, 6.07) is 1.35. The highest BCUT2D eigenvalue weighted by Crippen LogP contribution is 2.13. The van der Waals surface area contributed by atoms with Gasteiger partial charge in [-0.1, -0.05) is 116 Å². The van der Waals surface area contributed by atoms with Crippen LogP contribution >= 0.6 is 11.1 Å². The SMILES string of the molecule is C=CC.CCCCCCCCCCCCCCCCCC[SiH2]Cl. The summed E-state index contributed by atoms with van der Waals surface area (Å²) in [6.45, 7) is 7.54. The van der Waals surface area contributed by atoms with Gasteiger partial charge in [0.15, 0.2) is 0 Å². The van der Waals surface area contributed by atoms with Gasteiger partial charge < -0.3 is 0 Å². The molecule has 140 valence electrons. The van der Waals surface area contributed by atoms with Crippen LogP contribution in [0.3, 0.4) is 0 Å². The molecule has 0 spiro atoms. The highest BCUT2D eigenvalue weighted by atomic mass is 35.6. The van der Waals surface area contributed by atoms with Gasteiger partial charge in [0, 0.05) is 0 Å². The second-order valence-electron chi connectivity index (χ2n) is 6.75. The second kappa shape index (κ2) is 27.1. The minimum Gasteiger partial charge on any atom is -0.176 e. The van der Waals surface area contributed by atoms with Crippen LogP contribution in [0.1, 0.15) is 117 Å². The quantitative estimate of drug-likeness (QED) is 0.106. The second-order valence-corrected chi connectivity index (χ2v) is 8.97. The Morgan fingerprint density at radius 3 is 1.17 bits per heavy atom. The van der Waals surface area contributed by atoms with Gasteiger partial charge in [-0.2, -0.15) is 11.1 Å². The number of halogens is 1. The lowest BCUT2D eigenvalue weighted by Crippen LogP contribution is -1.84. The normalized spacial score (nSPS) is 10.7. The lowest BCUT2D eigenvalue weighted by molar-refractivity contribution is 0.531. The zero-order valence-electron chi connectivity index (χ0n) is 16.4. The fourth-order valence-electron chi connectivity index (χ4n) is 2.82. The van der Waals surface area contributed by atoms with E-state index < -0.39 is 0 Å². The first-order chi connectivity index (χ1) is 11.3. The molecule has 0 rings (SSSR count). The summed E-state index contributed by atoms with van der Waals surface area (Å²) in [5.41, 5.74) is 0. The molecule has 0 aromatic heterocycles. The first kappa shape index (κ1) is 25.5. The van der Waals surface area contributed by atoms with Crippen molar-refractivity contribution >= 4 is 19.9 Å². The van der Waals surface area contributed by atoms with E-state index >= 15 is 0 Å². The largest absolute Gasteiger partial charge is 0.176 e. The Morgan fingerprint density at radius 1 is 0.652 bits per heavy atom. The van der Waals surface area contributed by atoms with E-state index in [1.54, 1.807) is 6.08 Å². The van der Waals surface area contributed by atoms with Gasteiger partial charge in [0.1, 0.15) is 8.83 Å². The van der Waals surface area contributed by atoms with Crippen LogP contribution in [0.25, 0.3) is 0 Å². The zero-order chi connectivity index (χ0) is 17.4. The molecule has 0 bridgehead atoms. The van der Waals surface area contributed by atoms with Crippen LogP contribution in [0.15, 0.2) is 12.7 Å². The predicted octanol–water partition coefficient (Wildman–Crippen LogP) is 8.18. The number of hydrogen-bond donors (Lipinski definition) is 0. The van der Waals surface area contributed by atoms with Crippen molar-refractivity contribution in [1.29, 1.82) is 0 Å². The van der Waals surface area contributed by atoms with Gasteiger partial charge in [0.25, 0.3) is 0 Å². The van der Waals surface area contributed by atoms with E-state index in [-0.39, 0.29) is 8.83 Å². The van der Waals surface area contributed by atoms with Crippen molar-refractivity contribution in [1.82, 2.24) is 0 Å².